The van der Waals surface area contributed by atoms with E-state index in [0.717, 1.165) is 31.0 Å². The number of pyridine rings is 1. The number of halogens is 2. The molecule has 4 rings (SSSR count). The van der Waals surface area contributed by atoms with E-state index in [2.05, 4.69) is 10.3 Å². The summed E-state index contributed by atoms with van der Waals surface area (Å²) in [6.07, 6.45) is 3.92. The number of aromatic nitrogens is 1. The number of carbonyl (C=O) groups is 2. The molecule has 2 aliphatic rings. The van der Waals surface area contributed by atoms with Crippen LogP contribution in [0.25, 0.3) is 11.1 Å². The lowest BCUT2D eigenvalue weighted by molar-refractivity contribution is 0.0929. The van der Waals surface area contributed by atoms with E-state index in [1.54, 1.807) is 0 Å². The van der Waals surface area contributed by atoms with Crippen LogP contribution in [0.1, 0.15) is 54.0 Å². The summed E-state index contributed by atoms with van der Waals surface area (Å²) >= 11 is 0. The zero-order valence-corrected chi connectivity index (χ0v) is 18.1. The van der Waals surface area contributed by atoms with Gasteiger partial charge in [0.2, 0.25) is 0 Å². The van der Waals surface area contributed by atoms with Gasteiger partial charge in [-0.05, 0) is 56.7 Å². The smallest absolute Gasteiger partial charge is 0.272 e. The minimum Gasteiger partial charge on any atom is -0.367 e. The number of nitrogens with two attached hydrogens (primary N) is 2. The lowest BCUT2D eigenvalue weighted by atomic mass is 9.96. The molecule has 0 bridgehead atoms. The number of amides is 2. The normalized spacial score (nSPS) is 21.5. The first-order valence-corrected chi connectivity index (χ1v) is 10.7. The van der Waals surface area contributed by atoms with Crippen molar-refractivity contribution >= 4 is 17.5 Å². The molecule has 0 radical (unpaired) electrons. The van der Waals surface area contributed by atoms with Crippen LogP contribution in [0.2, 0.25) is 0 Å². The minimum absolute atomic E-state index is 0.0255. The van der Waals surface area contributed by atoms with E-state index in [4.69, 9.17) is 11.5 Å². The van der Waals surface area contributed by atoms with Gasteiger partial charge >= 0.3 is 0 Å². The number of anilines is 1. The predicted octanol–water partition coefficient (Wildman–Crippen LogP) is 2.58. The highest BCUT2D eigenvalue weighted by atomic mass is 19.1. The second kappa shape index (κ2) is 8.12. The van der Waals surface area contributed by atoms with Crippen molar-refractivity contribution in [3.63, 3.8) is 0 Å². The fraction of sp³-hybridized carbons (Fsp3) is 0.435. The first-order valence-electron chi connectivity index (χ1n) is 10.7. The molecule has 9 heteroatoms. The third-order valence-electron chi connectivity index (χ3n) is 6.19. The number of nitrogens with one attached hydrogen (secondary N) is 1. The van der Waals surface area contributed by atoms with Crippen molar-refractivity contribution < 1.29 is 18.4 Å². The largest absolute Gasteiger partial charge is 0.367 e. The van der Waals surface area contributed by atoms with Crippen LogP contribution in [0.5, 0.6) is 0 Å². The lowest BCUT2D eigenvalue weighted by Gasteiger charge is -2.27. The molecular formula is C23H27F2N5O2. The highest BCUT2D eigenvalue weighted by Crippen LogP contribution is 2.40. The molecule has 7 nitrogen and oxygen atoms in total. The van der Waals surface area contributed by atoms with Gasteiger partial charge in [-0.1, -0.05) is 0 Å². The molecule has 32 heavy (non-hydrogen) atoms. The van der Waals surface area contributed by atoms with Crippen molar-refractivity contribution in [1.82, 2.24) is 10.3 Å². The van der Waals surface area contributed by atoms with Crippen LogP contribution >= 0.6 is 0 Å². The molecule has 0 unspecified atom stereocenters. The van der Waals surface area contributed by atoms with Crippen LogP contribution in [0, 0.1) is 17.6 Å². The number of hydrogen-bond acceptors (Lipinski definition) is 5. The molecule has 2 fully saturated rings. The summed E-state index contributed by atoms with van der Waals surface area (Å²) in [7, 11) is 0. The van der Waals surface area contributed by atoms with Crippen LogP contribution in [0.4, 0.5) is 14.5 Å². The van der Waals surface area contributed by atoms with Crippen LogP contribution < -0.4 is 21.7 Å². The molecule has 0 spiro atoms. The molecule has 2 atom stereocenters. The first kappa shape index (κ1) is 22.1. The number of hydrogen-bond donors (Lipinski definition) is 3. The fourth-order valence-electron chi connectivity index (χ4n) is 4.32. The van der Waals surface area contributed by atoms with Crippen molar-refractivity contribution in [2.75, 3.05) is 18.0 Å². The summed E-state index contributed by atoms with van der Waals surface area (Å²) in [5.41, 5.74) is 12.0. The van der Waals surface area contributed by atoms with E-state index in [-0.39, 0.29) is 28.4 Å². The molecule has 1 saturated heterocycles. The van der Waals surface area contributed by atoms with Gasteiger partial charge in [0.05, 0.1) is 11.3 Å². The maximum absolute atomic E-state index is 14.1. The second-order valence-corrected chi connectivity index (χ2v) is 9.19. The number of carbonyl (C=O) groups excluding carboxylic acids is 2. The molecule has 2 amide bonds. The third kappa shape index (κ3) is 4.43. The zero-order chi connectivity index (χ0) is 23.2. The van der Waals surface area contributed by atoms with Gasteiger partial charge < -0.3 is 21.7 Å². The SMILES string of the molecule is C[C@H](NC(=O)c1ncc(C(N)=O)c(-c2cc(F)cc(F)c2)c1N1CC[C@](C)(N)C1)C1CC1. The van der Waals surface area contributed by atoms with Crippen molar-refractivity contribution in [1.29, 1.82) is 0 Å². The van der Waals surface area contributed by atoms with Gasteiger partial charge in [0.15, 0.2) is 5.69 Å². The topological polar surface area (TPSA) is 114 Å². The standard InChI is InChI=1S/C23H27F2N5O2/c1-12(13-3-4-13)29-22(32)19-20(30-6-5-23(2,27)11-30)18(17(10-28-19)21(26)31)14-7-15(24)9-16(25)8-14/h7-10,12-13H,3-6,11,27H2,1-2H3,(H2,26,31)(H,29,32)/t12-,23-/m0/s1. The summed E-state index contributed by atoms with van der Waals surface area (Å²) in [6.45, 7) is 4.68. The van der Waals surface area contributed by atoms with Crippen LogP contribution in [0.15, 0.2) is 24.4 Å². The van der Waals surface area contributed by atoms with Crippen molar-refractivity contribution in [3.05, 3.63) is 47.3 Å². The number of rotatable bonds is 6. The van der Waals surface area contributed by atoms with Gasteiger partial charge in [0.1, 0.15) is 11.6 Å². The van der Waals surface area contributed by atoms with E-state index in [0.29, 0.717) is 31.1 Å². The summed E-state index contributed by atoms with van der Waals surface area (Å²) < 4.78 is 28.2. The summed E-state index contributed by atoms with van der Waals surface area (Å²) in [6, 6.07) is 2.93. The van der Waals surface area contributed by atoms with Gasteiger partial charge in [-0.2, -0.15) is 0 Å². The number of benzene rings is 1. The third-order valence-corrected chi connectivity index (χ3v) is 6.19. The maximum atomic E-state index is 14.1. The average Bonchev–Trinajstić information content (AvgIpc) is 3.49. The Balaban J connectivity index is 1.92. The van der Waals surface area contributed by atoms with Crippen LogP contribution in [0.3, 0.4) is 0 Å². The zero-order valence-electron chi connectivity index (χ0n) is 18.1. The Kier molecular flexibility index (Phi) is 5.62. The van der Waals surface area contributed by atoms with Gasteiger partial charge in [0, 0.05) is 42.5 Å². The molecule has 2 heterocycles. The summed E-state index contributed by atoms with van der Waals surface area (Å²) in [5.74, 6) is -2.43. The van der Waals surface area contributed by atoms with E-state index < -0.39 is 29.0 Å². The number of nitrogens with zero attached hydrogens (tertiary/aromatic N) is 2. The quantitative estimate of drug-likeness (QED) is 0.635. The monoisotopic (exact) mass is 443 g/mol. The molecule has 1 aliphatic heterocycles. The molecule has 5 N–H and O–H groups in total. The Bertz CT molecular complexity index is 1060. The molecule has 1 saturated carbocycles. The summed E-state index contributed by atoms with van der Waals surface area (Å²) in [4.78, 5) is 31.6. The maximum Gasteiger partial charge on any atom is 0.272 e. The molecule has 1 aliphatic carbocycles. The van der Waals surface area contributed by atoms with Crippen molar-refractivity contribution in [2.24, 2.45) is 17.4 Å². The van der Waals surface area contributed by atoms with Gasteiger partial charge in [-0.3, -0.25) is 9.59 Å². The Labute approximate surface area is 185 Å². The average molecular weight is 443 g/mol. The van der Waals surface area contributed by atoms with E-state index in [9.17, 15) is 18.4 Å². The molecule has 1 aromatic carbocycles. The van der Waals surface area contributed by atoms with Gasteiger partial charge in [0.25, 0.3) is 11.8 Å². The van der Waals surface area contributed by atoms with Gasteiger partial charge in [-0.15, -0.1) is 0 Å². The first-order chi connectivity index (χ1) is 15.1. The second-order valence-electron chi connectivity index (χ2n) is 9.19. The molecule has 2 aromatic rings. The van der Waals surface area contributed by atoms with E-state index >= 15 is 0 Å². The van der Waals surface area contributed by atoms with Gasteiger partial charge in [-0.25, -0.2) is 13.8 Å². The highest BCUT2D eigenvalue weighted by Gasteiger charge is 2.36. The van der Waals surface area contributed by atoms with E-state index in [1.165, 1.54) is 6.20 Å². The predicted molar refractivity (Wildman–Crippen MR) is 117 cm³/mol. The Hall–Kier alpha value is -3.07. The number of primary amides is 1. The van der Waals surface area contributed by atoms with E-state index in [1.807, 2.05) is 18.7 Å². The molecular weight excluding hydrogens is 416 g/mol. The fourth-order valence-corrected chi connectivity index (χ4v) is 4.32. The lowest BCUT2D eigenvalue weighted by Crippen LogP contribution is -2.40. The Morgan fingerprint density at radius 2 is 1.91 bits per heavy atom. The molecule has 1 aromatic heterocycles. The van der Waals surface area contributed by atoms with Crippen molar-refractivity contribution in [3.8, 4) is 11.1 Å². The molecule has 170 valence electrons. The Morgan fingerprint density at radius 3 is 2.44 bits per heavy atom. The van der Waals surface area contributed by atoms with Crippen molar-refractivity contribution in [2.45, 2.75) is 44.7 Å². The summed E-state index contributed by atoms with van der Waals surface area (Å²) in [5, 5.41) is 2.97. The minimum atomic E-state index is -0.813. The van der Waals surface area contributed by atoms with Crippen LogP contribution in [-0.2, 0) is 0 Å². The van der Waals surface area contributed by atoms with Crippen LogP contribution in [-0.4, -0.2) is 41.5 Å². The highest BCUT2D eigenvalue weighted by molar-refractivity contribution is 6.08. The Morgan fingerprint density at radius 1 is 1.25 bits per heavy atom.